The first kappa shape index (κ1) is 22.8. The first-order valence-corrected chi connectivity index (χ1v) is 11.0. The fraction of sp³-hybridized carbons (Fsp3) is 0.333. The van der Waals surface area contributed by atoms with Crippen LogP contribution < -0.4 is 16.4 Å². The van der Waals surface area contributed by atoms with Crippen molar-refractivity contribution in [1.82, 2.24) is 5.32 Å². The van der Waals surface area contributed by atoms with Crippen molar-refractivity contribution >= 4 is 51.6 Å². The number of primary amides is 1. The van der Waals surface area contributed by atoms with Crippen molar-refractivity contribution in [3.8, 4) is 0 Å². The summed E-state index contributed by atoms with van der Waals surface area (Å²) in [7, 11) is 0. The molecule has 0 saturated heterocycles. The maximum absolute atomic E-state index is 12.2. The summed E-state index contributed by atoms with van der Waals surface area (Å²) in [6, 6.07) is 6.33. The summed E-state index contributed by atoms with van der Waals surface area (Å²) >= 11 is 7.12. The van der Waals surface area contributed by atoms with Crippen molar-refractivity contribution in [2.45, 2.75) is 32.1 Å². The number of fused-ring (bicyclic) bond motifs is 1. The predicted octanol–water partition coefficient (Wildman–Crippen LogP) is 2.68. The van der Waals surface area contributed by atoms with Gasteiger partial charge in [-0.15, -0.1) is 11.3 Å². The van der Waals surface area contributed by atoms with Gasteiger partial charge in [-0.25, -0.2) is 0 Å². The molecule has 0 radical (unpaired) electrons. The third-order valence-corrected chi connectivity index (χ3v) is 6.22. The van der Waals surface area contributed by atoms with Crippen LogP contribution in [0.5, 0.6) is 0 Å². The number of halogens is 1. The highest BCUT2D eigenvalue weighted by molar-refractivity contribution is 7.17. The van der Waals surface area contributed by atoms with Gasteiger partial charge in [-0.3, -0.25) is 19.2 Å². The third-order valence-electron chi connectivity index (χ3n) is 4.76. The molecule has 10 heteroatoms. The van der Waals surface area contributed by atoms with Crippen LogP contribution in [0.25, 0.3) is 0 Å². The van der Waals surface area contributed by atoms with Crippen molar-refractivity contribution in [2.75, 3.05) is 18.5 Å². The molecule has 1 aromatic carbocycles. The zero-order chi connectivity index (χ0) is 22.4. The summed E-state index contributed by atoms with van der Waals surface area (Å²) in [5.41, 5.74) is 7.18. The molecule has 0 unspecified atom stereocenters. The van der Waals surface area contributed by atoms with Crippen LogP contribution in [0.3, 0.4) is 0 Å². The Morgan fingerprint density at radius 3 is 2.52 bits per heavy atom. The Labute approximate surface area is 188 Å². The molecule has 1 aliphatic rings. The lowest BCUT2D eigenvalue weighted by Crippen LogP contribution is -2.27. The van der Waals surface area contributed by atoms with E-state index >= 15 is 0 Å². The highest BCUT2D eigenvalue weighted by Crippen LogP contribution is 2.37. The lowest BCUT2D eigenvalue weighted by Gasteiger charge is -2.11. The molecule has 3 rings (SSSR count). The van der Waals surface area contributed by atoms with Gasteiger partial charge in [0.05, 0.1) is 12.0 Å². The minimum Gasteiger partial charge on any atom is -0.456 e. The van der Waals surface area contributed by atoms with E-state index in [9.17, 15) is 19.2 Å². The van der Waals surface area contributed by atoms with E-state index in [2.05, 4.69) is 10.6 Å². The highest BCUT2D eigenvalue weighted by atomic mass is 35.5. The molecule has 8 nitrogen and oxygen atoms in total. The molecule has 1 aromatic heterocycles. The van der Waals surface area contributed by atoms with Gasteiger partial charge in [0.1, 0.15) is 5.00 Å². The fourth-order valence-corrected chi connectivity index (χ4v) is 4.71. The van der Waals surface area contributed by atoms with Crippen LogP contribution in [-0.4, -0.2) is 36.8 Å². The van der Waals surface area contributed by atoms with E-state index in [1.807, 2.05) is 0 Å². The van der Waals surface area contributed by atoms with Gasteiger partial charge in [0.2, 0.25) is 0 Å². The second kappa shape index (κ2) is 10.4. The molecule has 0 aliphatic heterocycles. The minimum absolute atomic E-state index is 0.0609. The number of hydrogen-bond donors (Lipinski definition) is 3. The predicted molar refractivity (Wildman–Crippen MR) is 117 cm³/mol. The summed E-state index contributed by atoms with van der Waals surface area (Å²) < 4.78 is 4.95. The average Bonchev–Trinajstić information content (AvgIpc) is 3.10. The molecule has 31 heavy (non-hydrogen) atoms. The van der Waals surface area contributed by atoms with E-state index in [-0.39, 0.29) is 18.9 Å². The number of thiophene rings is 1. The molecule has 164 valence electrons. The Morgan fingerprint density at radius 1 is 1.10 bits per heavy atom. The standard InChI is InChI=1S/C21H22ClN3O5S/c22-13-7-5-12(6-8-13)20(29)24-10-9-17(27)30-11-16(26)25-21-18(19(23)28)14-3-1-2-4-15(14)31-21/h5-8H,1-4,9-11H2,(H2,23,28)(H,24,29)(H,25,26). The SMILES string of the molecule is NC(=O)c1c(NC(=O)COC(=O)CCNC(=O)c2ccc(Cl)cc2)sc2c1CCCC2. The van der Waals surface area contributed by atoms with Gasteiger partial charge in [0, 0.05) is 22.0 Å². The number of amides is 3. The van der Waals surface area contributed by atoms with Crippen LogP contribution >= 0.6 is 22.9 Å². The Balaban J connectivity index is 1.44. The van der Waals surface area contributed by atoms with Gasteiger partial charge in [-0.05, 0) is 55.5 Å². The number of carbonyl (C=O) groups excluding carboxylic acids is 4. The van der Waals surface area contributed by atoms with Crippen molar-refractivity contribution in [2.24, 2.45) is 5.73 Å². The Hall–Kier alpha value is -2.91. The largest absolute Gasteiger partial charge is 0.456 e. The Bertz CT molecular complexity index is 1000. The second-order valence-corrected chi connectivity index (χ2v) is 8.54. The van der Waals surface area contributed by atoms with E-state index < -0.39 is 24.4 Å². The number of ether oxygens (including phenoxy) is 1. The smallest absolute Gasteiger partial charge is 0.308 e. The summed E-state index contributed by atoms with van der Waals surface area (Å²) in [5.74, 6) is -2.11. The van der Waals surface area contributed by atoms with E-state index in [0.717, 1.165) is 36.1 Å². The summed E-state index contributed by atoms with van der Waals surface area (Å²) in [6.45, 7) is -0.434. The third kappa shape index (κ3) is 6.05. The number of nitrogens with one attached hydrogen (secondary N) is 2. The van der Waals surface area contributed by atoms with E-state index in [0.29, 0.717) is 21.2 Å². The summed E-state index contributed by atoms with van der Waals surface area (Å²) in [6.07, 6.45) is 3.53. The normalized spacial score (nSPS) is 12.5. The highest BCUT2D eigenvalue weighted by Gasteiger charge is 2.25. The lowest BCUT2D eigenvalue weighted by atomic mass is 9.95. The van der Waals surface area contributed by atoms with Crippen LogP contribution in [0.1, 0.15) is 50.4 Å². The number of esters is 1. The summed E-state index contributed by atoms with van der Waals surface area (Å²) in [4.78, 5) is 48.9. The second-order valence-electron chi connectivity index (χ2n) is 7.00. The topological polar surface area (TPSA) is 128 Å². The fourth-order valence-electron chi connectivity index (χ4n) is 3.28. The van der Waals surface area contributed by atoms with E-state index in [4.69, 9.17) is 22.1 Å². The van der Waals surface area contributed by atoms with Gasteiger partial charge in [0.15, 0.2) is 6.61 Å². The molecule has 0 bridgehead atoms. The zero-order valence-electron chi connectivity index (χ0n) is 16.7. The average molecular weight is 464 g/mol. The van der Waals surface area contributed by atoms with Gasteiger partial charge in [0.25, 0.3) is 17.7 Å². The molecule has 3 amide bonds. The molecule has 1 heterocycles. The number of rotatable bonds is 8. The number of carbonyl (C=O) groups is 4. The number of nitrogens with two attached hydrogens (primary N) is 1. The van der Waals surface area contributed by atoms with Gasteiger partial charge < -0.3 is 21.1 Å². The molecular formula is C21H22ClN3O5S. The molecule has 0 saturated carbocycles. The molecule has 4 N–H and O–H groups in total. The Kier molecular flexibility index (Phi) is 7.64. The van der Waals surface area contributed by atoms with Crippen molar-refractivity contribution < 1.29 is 23.9 Å². The maximum atomic E-state index is 12.2. The molecule has 0 fully saturated rings. The first-order chi connectivity index (χ1) is 14.8. The molecule has 0 atom stereocenters. The number of hydrogen-bond acceptors (Lipinski definition) is 6. The van der Waals surface area contributed by atoms with E-state index in [1.165, 1.54) is 11.3 Å². The minimum atomic E-state index is -0.632. The number of benzene rings is 1. The van der Waals surface area contributed by atoms with Crippen LogP contribution in [-0.2, 0) is 27.2 Å². The molecule has 0 spiro atoms. The lowest BCUT2D eigenvalue weighted by molar-refractivity contribution is -0.147. The molecule has 1 aliphatic carbocycles. The van der Waals surface area contributed by atoms with Gasteiger partial charge in [-0.1, -0.05) is 11.6 Å². The Morgan fingerprint density at radius 2 is 1.81 bits per heavy atom. The molecule has 2 aromatic rings. The summed E-state index contributed by atoms with van der Waals surface area (Å²) in [5, 5.41) is 6.13. The van der Waals surface area contributed by atoms with Crippen LogP contribution in [0.2, 0.25) is 5.02 Å². The number of anilines is 1. The number of aryl methyl sites for hydroxylation is 1. The molecular weight excluding hydrogens is 442 g/mol. The van der Waals surface area contributed by atoms with Crippen LogP contribution in [0.4, 0.5) is 5.00 Å². The van der Waals surface area contributed by atoms with Gasteiger partial charge in [-0.2, -0.15) is 0 Å². The zero-order valence-corrected chi connectivity index (χ0v) is 18.2. The van der Waals surface area contributed by atoms with E-state index in [1.54, 1.807) is 24.3 Å². The van der Waals surface area contributed by atoms with Crippen LogP contribution in [0, 0.1) is 0 Å². The van der Waals surface area contributed by atoms with Crippen molar-refractivity contribution in [1.29, 1.82) is 0 Å². The quantitative estimate of drug-likeness (QED) is 0.518. The first-order valence-electron chi connectivity index (χ1n) is 9.78. The monoisotopic (exact) mass is 463 g/mol. The van der Waals surface area contributed by atoms with Crippen molar-refractivity contribution in [3.05, 3.63) is 50.9 Å². The van der Waals surface area contributed by atoms with Crippen molar-refractivity contribution in [3.63, 3.8) is 0 Å². The van der Waals surface area contributed by atoms with Gasteiger partial charge >= 0.3 is 5.97 Å². The van der Waals surface area contributed by atoms with Crippen LogP contribution in [0.15, 0.2) is 24.3 Å². The maximum Gasteiger partial charge on any atom is 0.308 e.